The third-order valence-corrected chi connectivity index (χ3v) is 38.8. The minimum absolute atomic E-state index is 0. The van der Waals surface area contributed by atoms with Crippen LogP contribution in [0.5, 0.6) is 0 Å². The summed E-state index contributed by atoms with van der Waals surface area (Å²) in [5.74, 6) is 0. The number of rotatable bonds is 4. The third kappa shape index (κ3) is 4.35. The van der Waals surface area contributed by atoms with Crippen molar-refractivity contribution in [2.45, 2.75) is 72.8 Å². The van der Waals surface area contributed by atoms with Crippen LogP contribution < -0.4 is 24.8 Å². The van der Waals surface area contributed by atoms with E-state index in [0.29, 0.717) is 0 Å². The van der Waals surface area contributed by atoms with Crippen LogP contribution in [0.3, 0.4) is 0 Å². The van der Waals surface area contributed by atoms with E-state index in [1.807, 2.05) is 0 Å². The molecular weight excluding hydrogens is 614 g/mol. The van der Waals surface area contributed by atoms with E-state index >= 15 is 0 Å². The standard InChI is InChI=1S/2C12H13.C4H8Si.2ClH.Hf/c2*1-3-10-7-11-6-4-5-9(2)12(11)8-10;1-2-4-5-3-1;;;/h2*4-8H,3H2,1-2H3;1-4H2;2*1H;/q;;;;;+2/p-2. The Morgan fingerprint density at radius 1 is 0.750 bits per heavy atom. The summed E-state index contributed by atoms with van der Waals surface area (Å²) in [6, 6.07) is 17.6. The molecular formula is C28H34Cl2HfSi. The predicted octanol–water partition coefficient (Wildman–Crippen LogP) is 2.11. The number of hydrogen-bond donors (Lipinski definition) is 0. The molecule has 1 aliphatic heterocycles. The fourth-order valence-corrected chi connectivity index (χ4v) is 44.0. The zero-order valence-electron chi connectivity index (χ0n) is 19.8. The average Bonchev–Trinajstić information content (AvgIpc) is 3.48. The fourth-order valence-electron chi connectivity index (χ4n) is 6.25. The SMILES string of the molecule is CCC1=Cc2c(C)cccc2[CH]1[Hf+2]([CH]1C(CC)=Cc2c(C)cccc21)=[Si]1CCCC1.[Cl-].[Cl-]. The van der Waals surface area contributed by atoms with Gasteiger partial charge in [-0.2, -0.15) is 0 Å². The molecule has 0 radical (unpaired) electrons. The molecule has 1 saturated heterocycles. The molecule has 32 heavy (non-hydrogen) atoms. The summed E-state index contributed by atoms with van der Waals surface area (Å²) in [6.45, 7) is 9.48. The summed E-state index contributed by atoms with van der Waals surface area (Å²) >= 11 is -2.10. The maximum Gasteiger partial charge on any atom is -1.00 e. The van der Waals surface area contributed by atoms with Crippen molar-refractivity contribution in [1.29, 1.82) is 0 Å². The molecule has 2 aromatic carbocycles. The van der Waals surface area contributed by atoms with Crippen molar-refractivity contribution in [2.75, 3.05) is 0 Å². The first kappa shape index (κ1) is 26.2. The Morgan fingerprint density at radius 3 is 1.59 bits per heavy atom. The van der Waals surface area contributed by atoms with Crippen molar-refractivity contribution in [1.82, 2.24) is 0 Å². The van der Waals surface area contributed by atoms with Gasteiger partial charge in [-0.25, -0.2) is 0 Å². The van der Waals surface area contributed by atoms with Crippen molar-refractivity contribution in [2.24, 2.45) is 0 Å². The zero-order valence-corrected chi connectivity index (χ0v) is 25.9. The van der Waals surface area contributed by atoms with Crippen molar-refractivity contribution in [3.05, 3.63) is 80.9 Å². The van der Waals surface area contributed by atoms with Crippen LogP contribution in [0.1, 0.15) is 80.3 Å². The molecule has 0 bridgehead atoms. The zero-order chi connectivity index (χ0) is 20.8. The molecule has 0 saturated carbocycles. The Bertz CT molecular complexity index is 1030. The van der Waals surface area contributed by atoms with Gasteiger partial charge >= 0.3 is 191 Å². The average molecular weight is 648 g/mol. The van der Waals surface area contributed by atoms with E-state index < -0.39 is 20.1 Å². The molecule has 168 valence electrons. The second-order valence-electron chi connectivity index (χ2n) is 9.43. The molecule has 2 aliphatic carbocycles. The number of aryl methyl sites for hydroxylation is 2. The molecule has 2 atom stereocenters. The van der Waals surface area contributed by atoms with Crippen LogP contribution in [-0.2, 0) is 20.1 Å². The summed E-state index contributed by atoms with van der Waals surface area (Å²) in [7, 11) is 0. The van der Waals surface area contributed by atoms with E-state index in [1.165, 1.54) is 36.8 Å². The molecule has 0 N–H and O–H groups in total. The van der Waals surface area contributed by atoms with Gasteiger partial charge in [0.15, 0.2) is 0 Å². The van der Waals surface area contributed by atoms with Gasteiger partial charge < -0.3 is 24.8 Å². The first-order valence-corrected chi connectivity index (χ1v) is 23.4. The Balaban J connectivity index is 0.00000144. The number of fused-ring (bicyclic) bond motifs is 2. The second kappa shape index (κ2) is 10.9. The Hall–Kier alpha value is -0.413. The molecule has 1 heterocycles. The smallest absolute Gasteiger partial charge is 1.00 e. The molecule has 5 rings (SSSR count). The van der Waals surface area contributed by atoms with Crippen molar-refractivity contribution in [3.8, 4) is 0 Å². The van der Waals surface area contributed by atoms with Crippen LogP contribution in [0.2, 0.25) is 12.1 Å². The van der Waals surface area contributed by atoms with Gasteiger partial charge in [-0.1, -0.05) is 0 Å². The van der Waals surface area contributed by atoms with Crippen molar-refractivity contribution in [3.63, 3.8) is 0 Å². The summed E-state index contributed by atoms with van der Waals surface area (Å²) in [5, 5.41) is 0. The number of halogens is 2. The van der Waals surface area contributed by atoms with E-state index in [0.717, 1.165) is 7.35 Å². The molecule has 3 aliphatic rings. The van der Waals surface area contributed by atoms with Gasteiger partial charge in [0.25, 0.3) is 0 Å². The van der Waals surface area contributed by atoms with E-state index in [4.69, 9.17) is 0 Å². The topological polar surface area (TPSA) is 0 Å². The largest absolute Gasteiger partial charge is 1.00 e. The van der Waals surface area contributed by atoms with Crippen molar-refractivity contribution < 1.29 is 44.9 Å². The number of benzene rings is 2. The summed E-state index contributed by atoms with van der Waals surface area (Å²) in [4.78, 5) is 0. The van der Waals surface area contributed by atoms with Crippen LogP contribution in [0, 0.1) is 13.8 Å². The summed E-state index contributed by atoms with van der Waals surface area (Å²) in [5.41, 5.74) is 13.0. The minimum Gasteiger partial charge on any atom is -1.00 e. The van der Waals surface area contributed by atoms with E-state index in [1.54, 1.807) is 45.5 Å². The molecule has 2 aromatic rings. The van der Waals surface area contributed by atoms with Gasteiger partial charge in [0.05, 0.1) is 0 Å². The first-order valence-electron chi connectivity index (χ1n) is 12.0. The van der Waals surface area contributed by atoms with Gasteiger partial charge in [-0.15, -0.1) is 0 Å². The second-order valence-corrected chi connectivity index (χ2v) is 31.4. The number of hydrogen-bond acceptors (Lipinski definition) is 0. The van der Waals surface area contributed by atoms with E-state index in [9.17, 15) is 0 Å². The quantitative estimate of drug-likeness (QED) is 0.447. The van der Waals surface area contributed by atoms with Crippen LogP contribution in [0.15, 0.2) is 47.5 Å². The van der Waals surface area contributed by atoms with Crippen LogP contribution >= 0.6 is 0 Å². The van der Waals surface area contributed by atoms with Crippen LogP contribution in [0.25, 0.3) is 12.2 Å². The third-order valence-electron chi connectivity index (χ3n) is 7.79. The maximum absolute atomic E-state index is 2.62. The molecule has 0 aromatic heterocycles. The minimum atomic E-state index is -2.10. The summed E-state index contributed by atoms with van der Waals surface area (Å²) < 4.78 is 1.68. The Morgan fingerprint density at radius 2 is 1.19 bits per heavy atom. The normalized spacial score (nSPS) is 20.4. The van der Waals surface area contributed by atoms with Gasteiger partial charge in [0.1, 0.15) is 0 Å². The predicted molar refractivity (Wildman–Crippen MR) is 129 cm³/mol. The Labute approximate surface area is 214 Å². The van der Waals surface area contributed by atoms with Gasteiger partial charge in [-0.3, -0.25) is 0 Å². The van der Waals surface area contributed by atoms with Gasteiger partial charge in [-0.05, 0) is 0 Å². The molecule has 1 fully saturated rings. The fraction of sp³-hybridized carbons (Fsp3) is 0.429. The van der Waals surface area contributed by atoms with E-state index in [-0.39, 0.29) is 30.3 Å². The van der Waals surface area contributed by atoms with E-state index in [2.05, 4.69) is 76.2 Å². The van der Waals surface area contributed by atoms with Gasteiger partial charge in [0.2, 0.25) is 0 Å². The molecule has 4 heteroatoms. The monoisotopic (exact) mass is 648 g/mol. The summed E-state index contributed by atoms with van der Waals surface area (Å²) in [6.07, 6.45) is 10.7. The molecule has 0 spiro atoms. The molecule has 0 amide bonds. The first-order chi connectivity index (χ1) is 14.6. The maximum atomic E-state index is 2.62. The van der Waals surface area contributed by atoms with Crippen LogP contribution in [-0.4, -0.2) is 5.49 Å². The van der Waals surface area contributed by atoms with Crippen molar-refractivity contribution >= 4 is 17.6 Å². The van der Waals surface area contributed by atoms with Gasteiger partial charge in [0, 0.05) is 0 Å². The number of allylic oxidation sites excluding steroid dienone is 2. The molecule has 2 unspecified atom stereocenters. The van der Waals surface area contributed by atoms with Crippen LogP contribution in [0.4, 0.5) is 0 Å². The Kier molecular flexibility index (Phi) is 8.91. The molecule has 0 nitrogen and oxygen atoms in total.